The highest BCUT2D eigenvalue weighted by atomic mass is 16.5. The van der Waals surface area contributed by atoms with Crippen molar-refractivity contribution < 1.29 is 9.84 Å². The fraction of sp³-hybridized carbons (Fsp3) is 0.500. The Labute approximate surface area is 106 Å². The molecule has 2 heterocycles. The van der Waals surface area contributed by atoms with Crippen LogP contribution >= 0.6 is 0 Å². The van der Waals surface area contributed by atoms with E-state index in [0.717, 1.165) is 5.69 Å². The molecule has 0 saturated carbocycles. The first-order valence-corrected chi connectivity index (χ1v) is 5.91. The number of aliphatic hydroxyl groups is 1. The highest BCUT2D eigenvalue weighted by Crippen LogP contribution is 2.23. The van der Waals surface area contributed by atoms with Crippen molar-refractivity contribution >= 4 is 11.5 Å². The van der Waals surface area contributed by atoms with Crippen LogP contribution in [0.3, 0.4) is 0 Å². The van der Waals surface area contributed by atoms with Crippen molar-refractivity contribution in [3.8, 4) is 0 Å². The first-order valence-electron chi connectivity index (χ1n) is 5.91. The molecule has 2 unspecified atom stereocenters. The number of amidine groups is 1. The Kier molecular flexibility index (Phi) is 3.78. The zero-order valence-corrected chi connectivity index (χ0v) is 10.3. The van der Waals surface area contributed by atoms with Gasteiger partial charge in [0.25, 0.3) is 0 Å². The quantitative estimate of drug-likeness (QED) is 0.516. The van der Waals surface area contributed by atoms with Gasteiger partial charge in [-0.1, -0.05) is 0 Å². The molecule has 1 fully saturated rings. The third-order valence-electron chi connectivity index (χ3n) is 2.96. The predicted molar refractivity (Wildman–Crippen MR) is 68.9 cm³/mol. The number of ether oxygens (including phenoxy) is 1. The van der Waals surface area contributed by atoms with E-state index in [4.69, 9.17) is 15.9 Å². The molecule has 0 aromatic carbocycles. The standard InChI is InChI=1S/C12H18N4O2/c1-8-5-16(6-9(7-17)18-8)11-4-15-3-2-10(11)12(13)14/h2-4,8-9,17H,5-7H2,1H3,(H3,13,14). The van der Waals surface area contributed by atoms with Crippen molar-refractivity contribution in [3.05, 3.63) is 24.0 Å². The smallest absolute Gasteiger partial charge is 0.125 e. The number of hydrogen-bond donors (Lipinski definition) is 3. The van der Waals surface area contributed by atoms with Gasteiger partial charge in [-0.2, -0.15) is 0 Å². The summed E-state index contributed by atoms with van der Waals surface area (Å²) in [5, 5.41) is 16.8. The molecule has 6 nitrogen and oxygen atoms in total. The summed E-state index contributed by atoms with van der Waals surface area (Å²) in [5.41, 5.74) is 7.05. The molecule has 0 amide bonds. The summed E-state index contributed by atoms with van der Waals surface area (Å²) in [7, 11) is 0. The number of morpholine rings is 1. The molecule has 18 heavy (non-hydrogen) atoms. The van der Waals surface area contributed by atoms with Gasteiger partial charge in [0.2, 0.25) is 0 Å². The number of hydrogen-bond acceptors (Lipinski definition) is 5. The van der Waals surface area contributed by atoms with Gasteiger partial charge < -0.3 is 20.5 Å². The van der Waals surface area contributed by atoms with Crippen LogP contribution in [0.5, 0.6) is 0 Å². The lowest BCUT2D eigenvalue weighted by Gasteiger charge is -2.38. The number of nitrogens with zero attached hydrogens (tertiary/aromatic N) is 2. The van der Waals surface area contributed by atoms with Crippen LogP contribution in [0.4, 0.5) is 5.69 Å². The van der Waals surface area contributed by atoms with Crippen LogP contribution in [0, 0.1) is 5.41 Å². The maximum absolute atomic E-state index is 9.22. The van der Waals surface area contributed by atoms with Gasteiger partial charge in [-0.3, -0.25) is 10.4 Å². The Balaban J connectivity index is 2.27. The van der Waals surface area contributed by atoms with E-state index in [-0.39, 0.29) is 24.7 Å². The van der Waals surface area contributed by atoms with E-state index in [2.05, 4.69) is 9.88 Å². The summed E-state index contributed by atoms with van der Waals surface area (Å²) in [6, 6.07) is 1.73. The Morgan fingerprint density at radius 1 is 1.67 bits per heavy atom. The van der Waals surface area contributed by atoms with Crippen LogP contribution in [0.15, 0.2) is 18.5 Å². The number of aromatic nitrogens is 1. The lowest BCUT2D eigenvalue weighted by molar-refractivity contribution is -0.0421. The van der Waals surface area contributed by atoms with Crippen molar-refractivity contribution in [3.63, 3.8) is 0 Å². The van der Waals surface area contributed by atoms with Gasteiger partial charge in [0.15, 0.2) is 0 Å². The predicted octanol–water partition coefficient (Wildman–Crippen LogP) is -0.0483. The molecule has 1 aromatic rings. The number of nitrogen functional groups attached to an aromatic ring is 1. The summed E-state index contributed by atoms with van der Waals surface area (Å²) < 4.78 is 5.59. The van der Waals surface area contributed by atoms with Crippen LogP contribution in [-0.4, -0.2) is 47.8 Å². The van der Waals surface area contributed by atoms with Gasteiger partial charge >= 0.3 is 0 Å². The summed E-state index contributed by atoms with van der Waals surface area (Å²) >= 11 is 0. The van der Waals surface area contributed by atoms with Gasteiger partial charge in [-0.05, 0) is 13.0 Å². The SMILES string of the molecule is CC1CN(c2cnccc2C(=N)N)CC(CO)O1. The number of anilines is 1. The molecule has 1 aromatic heterocycles. The minimum Gasteiger partial charge on any atom is -0.394 e. The number of rotatable bonds is 3. The maximum Gasteiger partial charge on any atom is 0.125 e. The fourth-order valence-electron chi connectivity index (χ4n) is 2.21. The van der Waals surface area contributed by atoms with Gasteiger partial charge in [0.1, 0.15) is 5.84 Å². The van der Waals surface area contributed by atoms with E-state index in [0.29, 0.717) is 18.7 Å². The second-order valence-electron chi connectivity index (χ2n) is 4.46. The van der Waals surface area contributed by atoms with Crippen LogP contribution in [0.25, 0.3) is 0 Å². The van der Waals surface area contributed by atoms with Gasteiger partial charge in [0.05, 0.1) is 30.7 Å². The average Bonchev–Trinajstić information content (AvgIpc) is 2.38. The summed E-state index contributed by atoms with van der Waals surface area (Å²) in [5.74, 6) is 0.0205. The van der Waals surface area contributed by atoms with E-state index in [1.807, 2.05) is 6.92 Å². The number of aliphatic hydroxyl groups excluding tert-OH is 1. The van der Waals surface area contributed by atoms with E-state index >= 15 is 0 Å². The summed E-state index contributed by atoms with van der Waals surface area (Å²) in [4.78, 5) is 6.14. The number of pyridine rings is 1. The Morgan fingerprint density at radius 2 is 2.44 bits per heavy atom. The maximum atomic E-state index is 9.22. The molecule has 0 bridgehead atoms. The summed E-state index contributed by atoms with van der Waals surface area (Å²) in [6.07, 6.45) is 3.13. The summed E-state index contributed by atoms with van der Waals surface area (Å²) in [6.45, 7) is 3.21. The lowest BCUT2D eigenvalue weighted by atomic mass is 10.1. The van der Waals surface area contributed by atoms with E-state index in [9.17, 15) is 5.11 Å². The molecular formula is C12H18N4O2. The number of nitrogens with two attached hydrogens (primary N) is 1. The monoisotopic (exact) mass is 250 g/mol. The Bertz CT molecular complexity index is 438. The minimum atomic E-state index is -0.214. The topological polar surface area (TPSA) is 95.5 Å². The molecule has 2 atom stereocenters. The second-order valence-corrected chi connectivity index (χ2v) is 4.46. The third-order valence-corrected chi connectivity index (χ3v) is 2.96. The zero-order chi connectivity index (χ0) is 13.1. The highest BCUT2D eigenvalue weighted by molar-refractivity contribution is 6.00. The highest BCUT2D eigenvalue weighted by Gasteiger charge is 2.26. The molecule has 0 radical (unpaired) electrons. The van der Waals surface area contributed by atoms with Gasteiger partial charge in [-0.25, -0.2) is 0 Å². The zero-order valence-electron chi connectivity index (χ0n) is 10.3. The van der Waals surface area contributed by atoms with E-state index in [1.54, 1.807) is 18.5 Å². The lowest BCUT2D eigenvalue weighted by Crippen LogP contribution is -2.48. The molecular weight excluding hydrogens is 232 g/mol. The molecule has 4 N–H and O–H groups in total. The third kappa shape index (κ3) is 2.60. The minimum absolute atomic E-state index is 0.0174. The fourth-order valence-corrected chi connectivity index (χ4v) is 2.21. The molecule has 0 spiro atoms. The number of nitrogens with one attached hydrogen (secondary N) is 1. The molecule has 2 rings (SSSR count). The van der Waals surface area contributed by atoms with E-state index in [1.165, 1.54) is 0 Å². The Morgan fingerprint density at radius 3 is 3.11 bits per heavy atom. The van der Waals surface area contributed by atoms with Crippen LogP contribution < -0.4 is 10.6 Å². The van der Waals surface area contributed by atoms with Crippen molar-refractivity contribution in [1.82, 2.24) is 4.98 Å². The van der Waals surface area contributed by atoms with Crippen molar-refractivity contribution in [1.29, 1.82) is 5.41 Å². The van der Waals surface area contributed by atoms with Crippen molar-refractivity contribution in [2.75, 3.05) is 24.6 Å². The van der Waals surface area contributed by atoms with Gasteiger partial charge in [-0.15, -0.1) is 0 Å². The van der Waals surface area contributed by atoms with Crippen LogP contribution in [0.2, 0.25) is 0 Å². The first-order chi connectivity index (χ1) is 8.61. The molecule has 0 aliphatic carbocycles. The molecule has 1 aliphatic heterocycles. The normalized spacial score (nSPS) is 24.0. The molecule has 6 heteroatoms. The van der Waals surface area contributed by atoms with Crippen molar-refractivity contribution in [2.45, 2.75) is 19.1 Å². The Hall–Kier alpha value is -1.66. The molecule has 98 valence electrons. The second kappa shape index (κ2) is 5.32. The van der Waals surface area contributed by atoms with Crippen molar-refractivity contribution in [2.24, 2.45) is 5.73 Å². The average molecular weight is 250 g/mol. The van der Waals surface area contributed by atoms with Crippen LogP contribution in [0.1, 0.15) is 12.5 Å². The molecule has 1 aliphatic rings. The van der Waals surface area contributed by atoms with Crippen LogP contribution in [-0.2, 0) is 4.74 Å². The van der Waals surface area contributed by atoms with Gasteiger partial charge in [0, 0.05) is 24.8 Å². The largest absolute Gasteiger partial charge is 0.394 e. The van der Waals surface area contributed by atoms with E-state index < -0.39 is 0 Å². The first kappa shape index (κ1) is 12.8. The molecule has 1 saturated heterocycles.